The number of esters is 1. The van der Waals surface area contributed by atoms with Gasteiger partial charge in [-0.05, 0) is 154 Å². The molecule has 232 valence electrons. The van der Waals surface area contributed by atoms with Crippen LogP contribution in [0.25, 0.3) is 0 Å². The lowest BCUT2D eigenvalue weighted by molar-refractivity contribution is -0.225. The molecule has 41 heavy (non-hydrogen) atoms. The smallest absolute Gasteiger partial charge is 0.307 e. The molecule has 6 nitrogen and oxygen atoms in total. The topological polar surface area (TPSA) is 96.2 Å². The van der Waals surface area contributed by atoms with Crippen molar-refractivity contribution in [1.82, 2.24) is 0 Å². The third kappa shape index (κ3) is 4.75. The minimum atomic E-state index is -0.377. The highest BCUT2D eigenvalue weighted by Gasteiger charge is 2.65. The molecule has 6 heteroatoms. The molecule has 0 saturated heterocycles. The van der Waals surface area contributed by atoms with Crippen LogP contribution < -0.4 is 0 Å². The molecule has 8 saturated carbocycles. The maximum Gasteiger partial charge on any atom is 0.307 e. The Morgan fingerprint density at radius 2 is 1.63 bits per heavy atom. The zero-order valence-corrected chi connectivity index (χ0v) is 25.9. The van der Waals surface area contributed by atoms with Crippen LogP contribution in [-0.4, -0.2) is 52.0 Å². The molecule has 0 radical (unpaired) electrons. The van der Waals surface area contributed by atoms with Crippen molar-refractivity contribution in [3.63, 3.8) is 0 Å². The standard InChI is InChI=1S/C35H56O6/c1-32-15-21-11-22(16-32)18-35(17-21,19-32)41-20-40-30(39)6-4-5-23-7-8-26-31-27(14-29(38)34(23,26)3)33(2)10-9-25(36)12-24(33)13-28(31)37/h21-29,31,36-38H,4-20H2,1-3H3/t21?,22?,23?,24?,25-,26?,27?,28-,29+,31?,32?,33+,34-,35?/m1/s1. The van der Waals surface area contributed by atoms with Crippen LogP contribution >= 0.6 is 0 Å². The van der Waals surface area contributed by atoms with Crippen LogP contribution in [0.3, 0.4) is 0 Å². The Bertz CT molecular complexity index is 999. The Hall–Kier alpha value is -0.690. The van der Waals surface area contributed by atoms with Gasteiger partial charge in [-0.25, -0.2) is 0 Å². The van der Waals surface area contributed by atoms with Gasteiger partial charge in [0.05, 0.1) is 23.9 Å². The summed E-state index contributed by atoms with van der Waals surface area (Å²) in [6.45, 7) is 7.18. The molecule has 3 N–H and O–H groups in total. The van der Waals surface area contributed by atoms with Crippen molar-refractivity contribution in [3.05, 3.63) is 0 Å². The van der Waals surface area contributed by atoms with Gasteiger partial charge in [0.15, 0.2) is 6.79 Å². The first-order valence-electron chi connectivity index (χ1n) is 17.3. The van der Waals surface area contributed by atoms with Crippen LogP contribution in [-0.2, 0) is 14.3 Å². The minimum absolute atomic E-state index is 0.0697. The van der Waals surface area contributed by atoms with E-state index >= 15 is 0 Å². The van der Waals surface area contributed by atoms with Gasteiger partial charge in [0.1, 0.15) is 0 Å². The minimum Gasteiger partial charge on any atom is -0.438 e. The van der Waals surface area contributed by atoms with Gasteiger partial charge in [0.25, 0.3) is 0 Å². The van der Waals surface area contributed by atoms with E-state index in [9.17, 15) is 20.1 Å². The maximum atomic E-state index is 12.7. The van der Waals surface area contributed by atoms with Gasteiger partial charge >= 0.3 is 5.97 Å². The average molecular weight is 573 g/mol. The molecule has 0 aromatic heterocycles. The van der Waals surface area contributed by atoms with E-state index in [2.05, 4.69) is 20.8 Å². The normalized spacial score (nSPS) is 55.3. The number of hydrogen-bond acceptors (Lipinski definition) is 6. The van der Waals surface area contributed by atoms with E-state index in [0.29, 0.717) is 35.5 Å². The summed E-state index contributed by atoms with van der Waals surface area (Å²) in [6.07, 6.45) is 14.9. The quantitative estimate of drug-likeness (QED) is 0.256. The van der Waals surface area contributed by atoms with Crippen molar-refractivity contribution >= 4 is 5.97 Å². The fourth-order valence-electron chi connectivity index (χ4n) is 13.3. The Labute approximate surface area is 247 Å². The molecule has 7 unspecified atom stereocenters. The van der Waals surface area contributed by atoms with Crippen molar-refractivity contribution in [3.8, 4) is 0 Å². The van der Waals surface area contributed by atoms with Crippen LogP contribution in [0.5, 0.6) is 0 Å². The number of rotatable bonds is 7. The Kier molecular flexibility index (Phi) is 7.21. The van der Waals surface area contributed by atoms with Gasteiger partial charge in [-0.15, -0.1) is 0 Å². The largest absolute Gasteiger partial charge is 0.438 e. The number of hydrogen-bond donors (Lipinski definition) is 3. The third-order valence-electron chi connectivity index (χ3n) is 14.8. The average Bonchev–Trinajstić information content (AvgIpc) is 3.21. The second-order valence-corrected chi connectivity index (χ2v) is 17.2. The number of aliphatic hydroxyl groups excluding tert-OH is 3. The fourth-order valence-corrected chi connectivity index (χ4v) is 13.3. The molecule has 8 aliphatic rings. The molecule has 0 aliphatic heterocycles. The van der Waals surface area contributed by atoms with Gasteiger partial charge in [0, 0.05) is 6.42 Å². The summed E-state index contributed by atoms with van der Waals surface area (Å²) >= 11 is 0. The molecule has 0 heterocycles. The van der Waals surface area contributed by atoms with Gasteiger partial charge in [-0.2, -0.15) is 0 Å². The van der Waals surface area contributed by atoms with Crippen LogP contribution in [0, 0.1) is 57.7 Å². The highest BCUT2D eigenvalue weighted by molar-refractivity contribution is 5.69. The molecule has 0 aromatic rings. The van der Waals surface area contributed by atoms with Crippen LogP contribution in [0.4, 0.5) is 0 Å². The number of fused-ring (bicyclic) bond motifs is 5. The summed E-state index contributed by atoms with van der Waals surface area (Å²) in [4.78, 5) is 12.7. The van der Waals surface area contributed by atoms with Gasteiger partial charge in [-0.1, -0.05) is 20.8 Å². The molecule has 0 amide bonds. The predicted octanol–water partition coefficient (Wildman–Crippen LogP) is 5.99. The summed E-state index contributed by atoms with van der Waals surface area (Å²) in [5, 5.41) is 33.5. The molecular formula is C35H56O6. The van der Waals surface area contributed by atoms with Crippen LogP contribution in [0.2, 0.25) is 0 Å². The van der Waals surface area contributed by atoms with Gasteiger partial charge in [0.2, 0.25) is 0 Å². The van der Waals surface area contributed by atoms with Gasteiger partial charge in [-0.3, -0.25) is 4.79 Å². The van der Waals surface area contributed by atoms with E-state index in [1.54, 1.807) is 0 Å². The summed E-state index contributed by atoms with van der Waals surface area (Å²) in [5.41, 5.74) is 0.239. The fraction of sp³-hybridized carbons (Fsp3) is 0.971. The molecule has 0 aromatic carbocycles. The molecule has 8 fully saturated rings. The SMILES string of the molecule is CC12CC3CC(C1)CC(OCOC(=O)CCCC1CCC4C5C(C[C@H](O)[C@]14C)[C@@]1(C)CC[C@@H](O)CC1C[C@H]5O)(C3)C2. The zero-order chi connectivity index (χ0) is 28.8. The van der Waals surface area contributed by atoms with Crippen molar-refractivity contribution in [2.75, 3.05) is 6.79 Å². The number of ether oxygens (including phenoxy) is 2. The van der Waals surface area contributed by atoms with E-state index in [1.807, 2.05) is 0 Å². The summed E-state index contributed by atoms with van der Waals surface area (Å²) in [6, 6.07) is 0. The third-order valence-corrected chi connectivity index (χ3v) is 14.8. The number of aliphatic hydroxyl groups is 3. The first-order chi connectivity index (χ1) is 19.4. The lowest BCUT2D eigenvalue weighted by Gasteiger charge is -2.63. The van der Waals surface area contributed by atoms with Gasteiger partial charge < -0.3 is 24.8 Å². The summed E-state index contributed by atoms with van der Waals surface area (Å²) in [5.74, 6) is 3.00. The molecule has 4 bridgehead atoms. The number of carbonyl (C=O) groups excluding carboxylic acids is 1. The van der Waals surface area contributed by atoms with E-state index < -0.39 is 0 Å². The monoisotopic (exact) mass is 572 g/mol. The molecule has 8 rings (SSSR count). The van der Waals surface area contributed by atoms with Crippen LogP contribution in [0.15, 0.2) is 0 Å². The summed E-state index contributed by atoms with van der Waals surface area (Å²) in [7, 11) is 0. The Morgan fingerprint density at radius 3 is 2.37 bits per heavy atom. The Morgan fingerprint density at radius 1 is 0.878 bits per heavy atom. The van der Waals surface area contributed by atoms with E-state index in [0.717, 1.165) is 88.9 Å². The van der Waals surface area contributed by atoms with Crippen molar-refractivity contribution in [2.24, 2.45) is 57.7 Å². The van der Waals surface area contributed by atoms with E-state index in [-0.39, 0.29) is 53.4 Å². The Balaban J connectivity index is 0.921. The van der Waals surface area contributed by atoms with E-state index in [4.69, 9.17) is 9.47 Å². The maximum absolute atomic E-state index is 12.7. The first kappa shape index (κ1) is 29.0. The van der Waals surface area contributed by atoms with Crippen molar-refractivity contribution in [2.45, 2.75) is 147 Å². The second kappa shape index (κ2) is 10.2. The van der Waals surface area contributed by atoms with Crippen molar-refractivity contribution < 1.29 is 29.6 Å². The number of carbonyl (C=O) groups is 1. The highest BCUT2D eigenvalue weighted by atomic mass is 16.7. The lowest BCUT2D eigenvalue weighted by atomic mass is 9.43. The predicted molar refractivity (Wildman–Crippen MR) is 155 cm³/mol. The first-order valence-corrected chi connectivity index (χ1v) is 17.3. The lowest BCUT2D eigenvalue weighted by Crippen LogP contribution is -2.62. The molecule has 8 aliphatic carbocycles. The molecule has 12 atom stereocenters. The van der Waals surface area contributed by atoms with E-state index in [1.165, 1.54) is 19.3 Å². The second-order valence-electron chi connectivity index (χ2n) is 17.2. The molecular weight excluding hydrogens is 516 g/mol. The summed E-state index contributed by atoms with van der Waals surface area (Å²) < 4.78 is 12.0. The molecule has 0 spiro atoms. The van der Waals surface area contributed by atoms with Crippen LogP contribution in [0.1, 0.15) is 124 Å². The zero-order valence-electron chi connectivity index (χ0n) is 25.9. The highest BCUT2D eigenvalue weighted by Crippen LogP contribution is 2.68. The van der Waals surface area contributed by atoms with Crippen molar-refractivity contribution in [1.29, 1.82) is 0 Å².